The largest absolute Gasteiger partial charge is 0.490 e. The summed E-state index contributed by atoms with van der Waals surface area (Å²) in [6.07, 6.45) is 3.17. The Labute approximate surface area is 92.5 Å². The Balaban J connectivity index is 2.31. The molecule has 1 aromatic carbocycles. The second-order valence-corrected chi connectivity index (χ2v) is 3.77. The molecule has 0 aromatic heterocycles. The molecule has 4 nitrogen and oxygen atoms in total. The fourth-order valence-corrected chi connectivity index (χ4v) is 1.57. The van der Waals surface area contributed by atoms with Crippen LogP contribution in [0.25, 0.3) is 0 Å². The van der Waals surface area contributed by atoms with E-state index < -0.39 is 5.82 Å². The van der Waals surface area contributed by atoms with Gasteiger partial charge >= 0.3 is 0 Å². The highest BCUT2D eigenvalue weighted by molar-refractivity contribution is 5.99. The lowest BCUT2D eigenvalue weighted by Gasteiger charge is -2.27. The molecule has 0 bridgehead atoms. The number of amidine groups is 1. The van der Waals surface area contributed by atoms with Crippen molar-refractivity contribution in [1.29, 1.82) is 0 Å². The minimum atomic E-state index is -0.549. The predicted octanol–water partition coefficient (Wildman–Crippen LogP) is 1.85. The van der Waals surface area contributed by atoms with Gasteiger partial charge in [0.1, 0.15) is 11.6 Å². The lowest BCUT2D eigenvalue weighted by Crippen LogP contribution is -2.26. The van der Waals surface area contributed by atoms with E-state index in [0.717, 1.165) is 19.3 Å². The average Bonchev–Trinajstić information content (AvgIpc) is 2.22. The van der Waals surface area contributed by atoms with E-state index in [9.17, 15) is 4.39 Å². The Morgan fingerprint density at radius 3 is 2.81 bits per heavy atom. The Kier molecular flexibility index (Phi) is 2.94. The maximum Gasteiger partial charge on any atom is 0.176 e. The molecular formula is C11H13FN2O2. The van der Waals surface area contributed by atoms with Crippen molar-refractivity contribution >= 4 is 5.84 Å². The number of halogens is 1. The van der Waals surface area contributed by atoms with E-state index in [1.807, 2.05) is 0 Å². The van der Waals surface area contributed by atoms with Crippen molar-refractivity contribution in [2.75, 3.05) is 0 Å². The van der Waals surface area contributed by atoms with Crippen molar-refractivity contribution in [2.45, 2.75) is 25.4 Å². The summed E-state index contributed by atoms with van der Waals surface area (Å²) >= 11 is 0. The van der Waals surface area contributed by atoms with Gasteiger partial charge in [0, 0.05) is 0 Å². The molecular weight excluding hydrogens is 211 g/mol. The normalized spacial score (nSPS) is 16.9. The van der Waals surface area contributed by atoms with Crippen molar-refractivity contribution in [1.82, 2.24) is 0 Å². The van der Waals surface area contributed by atoms with Crippen LogP contribution < -0.4 is 10.5 Å². The van der Waals surface area contributed by atoms with E-state index >= 15 is 0 Å². The van der Waals surface area contributed by atoms with E-state index in [4.69, 9.17) is 15.7 Å². The van der Waals surface area contributed by atoms with Gasteiger partial charge in [0.05, 0.1) is 11.7 Å². The van der Waals surface area contributed by atoms with Crippen LogP contribution in [0.1, 0.15) is 24.8 Å². The van der Waals surface area contributed by atoms with Gasteiger partial charge in [0.15, 0.2) is 5.84 Å². The van der Waals surface area contributed by atoms with Crippen LogP contribution >= 0.6 is 0 Å². The molecule has 0 saturated heterocycles. The van der Waals surface area contributed by atoms with Crippen LogP contribution in [0.3, 0.4) is 0 Å². The lowest BCUT2D eigenvalue weighted by molar-refractivity contribution is 0.119. The molecule has 3 N–H and O–H groups in total. The zero-order valence-corrected chi connectivity index (χ0v) is 8.69. The summed E-state index contributed by atoms with van der Waals surface area (Å²) in [4.78, 5) is 0. The highest BCUT2D eigenvalue weighted by atomic mass is 19.1. The summed E-state index contributed by atoms with van der Waals surface area (Å²) in [5.74, 6) is -0.487. The van der Waals surface area contributed by atoms with Crippen molar-refractivity contribution in [3.63, 3.8) is 0 Å². The van der Waals surface area contributed by atoms with E-state index in [0.29, 0.717) is 5.75 Å². The van der Waals surface area contributed by atoms with Gasteiger partial charge in [-0.1, -0.05) is 11.2 Å². The standard InChI is InChI=1S/C11H13FN2O2/c12-8-5-2-6-9(10(8)11(13)14-15)16-7-3-1-4-7/h2,5-7,15H,1,3-4H2,(H2,13,14). The number of hydrogen-bond acceptors (Lipinski definition) is 3. The molecule has 0 spiro atoms. The van der Waals surface area contributed by atoms with E-state index in [1.165, 1.54) is 12.1 Å². The summed E-state index contributed by atoms with van der Waals surface area (Å²) in [7, 11) is 0. The maximum absolute atomic E-state index is 13.5. The Morgan fingerprint density at radius 1 is 1.50 bits per heavy atom. The van der Waals surface area contributed by atoms with Crippen LogP contribution in [0.15, 0.2) is 23.4 Å². The molecule has 0 aliphatic heterocycles. The quantitative estimate of drug-likeness (QED) is 0.356. The van der Waals surface area contributed by atoms with Crippen LogP contribution in [-0.4, -0.2) is 17.1 Å². The molecule has 1 aliphatic rings. The molecule has 1 aromatic rings. The Hall–Kier alpha value is -1.78. The topological polar surface area (TPSA) is 67.8 Å². The molecule has 0 atom stereocenters. The summed E-state index contributed by atoms with van der Waals surface area (Å²) in [5, 5.41) is 11.4. The van der Waals surface area contributed by atoms with Crippen LogP contribution in [0.4, 0.5) is 4.39 Å². The second kappa shape index (κ2) is 4.38. The van der Waals surface area contributed by atoms with Crippen molar-refractivity contribution in [3.8, 4) is 5.75 Å². The molecule has 0 amide bonds. The smallest absolute Gasteiger partial charge is 0.176 e. The molecule has 0 radical (unpaired) electrons. The number of hydrogen-bond donors (Lipinski definition) is 2. The molecule has 16 heavy (non-hydrogen) atoms. The third kappa shape index (κ3) is 1.93. The van der Waals surface area contributed by atoms with Gasteiger partial charge in [-0.05, 0) is 31.4 Å². The SMILES string of the molecule is NC(=NO)c1c(F)cccc1OC1CCC1. The van der Waals surface area contributed by atoms with Gasteiger partial charge in [-0.25, -0.2) is 4.39 Å². The highest BCUT2D eigenvalue weighted by Gasteiger charge is 2.22. The minimum absolute atomic E-state index is 0.0249. The number of nitrogens with zero attached hydrogens (tertiary/aromatic N) is 1. The molecule has 86 valence electrons. The summed E-state index contributed by atoms with van der Waals surface area (Å²) in [6.45, 7) is 0. The Bertz CT molecular complexity index is 416. The third-order valence-electron chi connectivity index (χ3n) is 2.69. The zero-order valence-electron chi connectivity index (χ0n) is 8.69. The molecule has 1 saturated carbocycles. The monoisotopic (exact) mass is 224 g/mol. The Morgan fingerprint density at radius 2 is 2.25 bits per heavy atom. The van der Waals surface area contributed by atoms with Gasteiger partial charge in [-0.2, -0.15) is 0 Å². The van der Waals surface area contributed by atoms with E-state index in [-0.39, 0.29) is 17.5 Å². The molecule has 5 heteroatoms. The molecule has 2 rings (SSSR count). The first kappa shape index (κ1) is 10.7. The van der Waals surface area contributed by atoms with Gasteiger partial charge in [-0.3, -0.25) is 0 Å². The predicted molar refractivity (Wildman–Crippen MR) is 57.2 cm³/mol. The first-order valence-corrected chi connectivity index (χ1v) is 5.15. The second-order valence-electron chi connectivity index (χ2n) is 3.77. The van der Waals surface area contributed by atoms with Crippen LogP contribution in [0.5, 0.6) is 5.75 Å². The van der Waals surface area contributed by atoms with Crippen LogP contribution in [0, 0.1) is 5.82 Å². The van der Waals surface area contributed by atoms with E-state index in [1.54, 1.807) is 6.07 Å². The van der Waals surface area contributed by atoms with Gasteiger partial charge in [0.25, 0.3) is 0 Å². The van der Waals surface area contributed by atoms with Crippen molar-refractivity contribution < 1.29 is 14.3 Å². The van der Waals surface area contributed by atoms with Crippen LogP contribution in [-0.2, 0) is 0 Å². The molecule has 1 aliphatic carbocycles. The van der Waals surface area contributed by atoms with E-state index in [2.05, 4.69) is 5.16 Å². The molecule has 0 heterocycles. The number of rotatable bonds is 3. The first-order valence-electron chi connectivity index (χ1n) is 5.15. The maximum atomic E-state index is 13.5. The number of ether oxygens (including phenoxy) is 1. The van der Waals surface area contributed by atoms with Crippen molar-refractivity contribution in [3.05, 3.63) is 29.6 Å². The number of benzene rings is 1. The number of nitrogens with two attached hydrogens (primary N) is 1. The number of oxime groups is 1. The fourth-order valence-electron chi connectivity index (χ4n) is 1.57. The lowest BCUT2D eigenvalue weighted by atomic mass is 9.96. The first-order chi connectivity index (χ1) is 7.72. The van der Waals surface area contributed by atoms with Crippen molar-refractivity contribution in [2.24, 2.45) is 10.9 Å². The van der Waals surface area contributed by atoms with Gasteiger partial charge < -0.3 is 15.7 Å². The van der Waals surface area contributed by atoms with Gasteiger partial charge in [0.2, 0.25) is 0 Å². The average molecular weight is 224 g/mol. The fraction of sp³-hybridized carbons (Fsp3) is 0.364. The summed E-state index contributed by atoms with van der Waals surface area (Å²) in [6, 6.07) is 4.41. The van der Waals surface area contributed by atoms with Crippen LogP contribution in [0.2, 0.25) is 0 Å². The van der Waals surface area contributed by atoms with Gasteiger partial charge in [-0.15, -0.1) is 0 Å². The molecule has 0 unspecified atom stereocenters. The minimum Gasteiger partial charge on any atom is -0.490 e. The zero-order chi connectivity index (χ0) is 11.5. The summed E-state index contributed by atoms with van der Waals surface area (Å²) in [5.41, 5.74) is 5.44. The molecule has 1 fully saturated rings. The highest BCUT2D eigenvalue weighted by Crippen LogP contribution is 2.28. The third-order valence-corrected chi connectivity index (χ3v) is 2.69. The summed E-state index contributed by atoms with van der Waals surface area (Å²) < 4.78 is 19.1.